The van der Waals surface area contributed by atoms with Crippen LogP contribution < -0.4 is 0 Å². The number of benzene rings is 3. The van der Waals surface area contributed by atoms with E-state index >= 15 is 0 Å². The van der Waals surface area contributed by atoms with Gasteiger partial charge in [0, 0.05) is 11.1 Å². The van der Waals surface area contributed by atoms with Crippen molar-refractivity contribution in [3.63, 3.8) is 0 Å². The SMILES string of the molecule is OCc1ccc(-c2nc(-c3ccccc3)nc(-c3ccccc3)n2)c(O)c1. The van der Waals surface area contributed by atoms with Gasteiger partial charge in [0.1, 0.15) is 5.75 Å². The van der Waals surface area contributed by atoms with Gasteiger partial charge in [-0.05, 0) is 17.7 Å². The Labute approximate surface area is 156 Å². The molecule has 0 spiro atoms. The Morgan fingerprint density at radius 3 is 1.63 bits per heavy atom. The minimum atomic E-state index is -0.143. The van der Waals surface area contributed by atoms with E-state index in [-0.39, 0.29) is 12.4 Å². The van der Waals surface area contributed by atoms with Crippen LogP contribution in [0, 0.1) is 0 Å². The zero-order chi connectivity index (χ0) is 18.6. The van der Waals surface area contributed by atoms with Crippen LogP contribution in [0.5, 0.6) is 5.75 Å². The van der Waals surface area contributed by atoms with Gasteiger partial charge < -0.3 is 10.2 Å². The zero-order valence-corrected chi connectivity index (χ0v) is 14.4. The smallest absolute Gasteiger partial charge is 0.167 e. The number of nitrogens with zero attached hydrogens (tertiary/aromatic N) is 3. The highest BCUT2D eigenvalue weighted by Gasteiger charge is 2.14. The van der Waals surface area contributed by atoms with Crippen molar-refractivity contribution >= 4 is 0 Å². The van der Waals surface area contributed by atoms with Crippen molar-refractivity contribution in [1.82, 2.24) is 15.0 Å². The molecule has 1 heterocycles. The molecule has 0 aliphatic carbocycles. The Bertz CT molecular complexity index is 1010. The van der Waals surface area contributed by atoms with Crippen molar-refractivity contribution in [2.24, 2.45) is 0 Å². The molecule has 132 valence electrons. The molecule has 5 nitrogen and oxygen atoms in total. The minimum Gasteiger partial charge on any atom is -0.507 e. The van der Waals surface area contributed by atoms with Crippen molar-refractivity contribution in [2.75, 3.05) is 0 Å². The second-order valence-electron chi connectivity index (χ2n) is 6.05. The molecule has 0 amide bonds. The zero-order valence-electron chi connectivity index (χ0n) is 14.4. The Morgan fingerprint density at radius 1 is 0.630 bits per heavy atom. The van der Waals surface area contributed by atoms with E-state index in [1.807, 2.05) is 60.7 Å². The van der Waals surface area contributed by atoms with Crippen molar-refractivity contribution in [1.29, 1.82) is 0 Å². The van der Waals surface area contributed by atoms with E-state index in [0.29, 0.717) is 28.6 Å². The highest BCUT2D eigenvalue weighted by atomic mass is 16.3. The predicted octanol–water partition coefficient (Wildman–Crippen LogP) is 4.07. The summed E-state index contributed by atoms with van der Waals surface area (Å²) in [5.74, 6) is 1.46. The lowest BCUT2D eigenvalue weighted by molar-refractivity contribution is 0.281. The molecule has 0 fully saturated rings. The molecular formula is C22H17N3O2. The van der Waals surface area contributed by atoms with Crippen molar-refractivity contribution in [3.05, 3.63) is 84.4 Å². The fourth-order valence-corrected chi connectivity index (χ4v) is 2.79. The predicted molar refractivity (Wildman–Crippen MR) is 104 cm³/mol. The van der Waals surface area contributed by atoms with Crippen LogP contribution in [-0.4, -0.2) is 25.2 Å². The number of hydrogen-bond donors (Lipinski definition) is 2. The highest BCUT2D eigenvalue weighted by molar-refractivity contribution is 5.69. The molecule has 2 N–H and O–H groups in total. The summed E-state index contributed by atoms with van der Waals surface area (Å²) >= 11 is 0. The number of aliphatic hydroxyl groups excluding tert-OH is 1. The van der Waals surface area contributed by atoms with E-state index in [1.165, 1.54) is 6.07 Å². The van der Waals surface area contributed by atoms with E-state index in [1.54, 1.807) is 12.1 Å². The van der Waals surface area contributed by atoms with Gasteiger partial charge in [0.15, 0.2) is 17.5 Å². The molecule has 3 aromatic carbocycles. The first-order valence-corrected chi connectivity index (χ1v) is 8.54. The molecule has 0 saturated carbocycles. The average molecular weight is 355 g/mol. The summed E-state index contributed by atoms with van der Waals surface area (Å²) in [4.78, 5) is 13.8. The number of aromatic hydroxyl groups is 1. The number of hydrogen-bond acceptors (Lipinski definition) is 5. The molecule has 4 aromatic rings. The van der Waals surface area contributed by atoms with Crippen LogP contribution in [0.2, 0.25) is 0 Å². The summed E-state index contributed by atoms with van der Waals surface area (Å²) in [5.41, 5.74) is 2.84. The first-order chi connectivity index (χ1) is 13.2. The molecule has 0 bridgehead atoms. The minimum absolute atomic E-state index is 0.0192. The van der Waals surface area contributed by atoms with Gasteiger partial charge in [-0.3, -0.25) is 0 Å². The number of phenols is 1. The third-order valence-electron chi connectivity index (χ3n) is 4.19. The summed E-state index contributed by atoms with van der Waals surface area (Å²) in [6.07, 6.45) is 0. The molecule has 0 unspecified atom stereocenters. The molecule has 0 saturated heterocycles. The van der Waals surface area contributed by atoms with Crippen LogP contribution in [0.15, 0.2) is 78.9 Å². The quantitative estimate of drug-likeness (QED) is 0.577. The average Bonchev–Trinajstić information content (AvgIpc) is 2.74. The van der Waals surface area contributed by atoms with Gasteiger partial charge in [-0.15, -0.1) is 0 Å². The Hall–Kier alpha value is -3.57. The normalized spacial score (nSPS) is 10.7. The summed E-state index contributed by atoms with van der Waals surface area (Å²) in [6, 6.07) is 24.3. The van der Waals surface area contributed by atoms with Crippen LogP contribution in [-0.2, 0) is 6.61 Å². The van der Waals surface area contributed by atoms with Crippen molar-refractivity contribution < 1.29 is 10.2 Å². The van der Waals surface area contributed by atoms with E-state index in [4.69, 9.17) is 0 Å². The van der Waals surface area contributed by atoms with Gasteiger partial charge in [0.25, 0.3) is 0 Å². The summed E-state index contributed by atoms with van der Waals surface area (Å²) in [5, 5.41) is 19.6. The van der Waals surface area contributed by atoms with Gasteiger partial charge in [-0.1, -0.05) is 66.7 Å². The molecule has 0 radical (unpaired) electrons. The maximum absolute atomic E-state index is 10.4. The molecular weight excluding hydrogens is 338 g/mol. The molecule has 0 aliphatic rings. The lowest BCUT2D eigenvalue weighted by Gasteiger charge is -2.10. The van der Waals surface area contributed by atoms with Gasteiger partial charge in [-0.2, -0.15) is 0 Å². The summed E-state index contributed by atoms with van der Waals surface area (Å²) in [7, 11) is 0. The lowest BCUT2D eigenvalue weighted by atomic mass is 10.1. The van der Waals surface area contributed by atoms with E-state index < -0.39 is 0 Å². The van der Waals surface area contributed by atoms with Crippen LogP contribution in [0.4, 0.5) is 0 Å². The number of phenolic OH excluding ortho intramolecular Hbond substituents is 1. The number of aromatic nitrogens is 3. The fraction of sp³-hybridized carbons (Fsp3) is 0.0455. The summed E-state index contributed by atoms with van der Waals surface area (Å²) in [6.45, 7) is -0.143. The lowest BCUT2D eigenvalue weighted by Crippen LogP contribution is -2.00. The van der Waals surface area contributed by atoms with E-state index in [2.05, 4.69) is 15.0 Å². The largest absolute Gasteiger partial charge is 0.507 e. The molecule has 1 aromatic heterocycles. The first kappa shape index (κ1) is 16.9. The van der Waals surface area contributed by atoms with Gasteiger partial charge in [0.2, 0.25) is 0 Å². The maximum Gasteiger partial charge on any atom is 0.167 e. The number of aliphatic hydroxyl groups is 1. The van der Waals surface area contributed by atoms with Crippen LogP contribution in [0.25, 0.3) is 34.2 Å². The molecule has 4 rings (SSSR count). The van der Waals surface area contributed by atoms with E-state index in [9.17, 15) is 10.2 Å². The first-order valence-electron chi connectivity index (χ1n) is 8.54. The van der Waals surface area contributed by atoms with Gasteiger partial charge in [0.05, 0.1) is 12.2 Å². The Balaban J connectivity index is 1.91. The van der Waals surface area contributed by atoms with Gasteiger partial charge in [-0.25, -0.2) is 15.0 Å². The maximum atomic E-state index is 10.4. The molecule has 0 aliphatic heterocycles. The van der Waals surface area contributed by atoms with Crippen molar-refractivity contribution in [3.8, 4) is 39.9 Å². The highest BCUT2D eigenvalue weighted by Crippen LogP contribution is 2.30. The summed E-state index contributed by atoms with van der Waals surface area (Å²) < 4.78 is 0. The standard InChI is InChI=1S/C22H17N3O2/c26-14-15-11-12-18(19(27)13-15)22-24-20(16-7-3-1-4-8-16)23-21(25-22)17-9-5-2-6-10-17/h1-13,26-27H,14H2. The molecule has 5 heteroatoms. The molecule has 0 atom stereocenters. The monoisotopic (exact) mass is 355 g/mol. The second-order valence-corrected chi connectivity index (χ2v) is 6.05. The Morgan fingerprint density at radius 2 is 1.15 bits per heavy atom. The number of rotatable bonds is 4. The van der Waals surface area contributed by atoms with E-state index in [0.717, 1.165) is 11.1 Å². The van der Waals surface area contributed by atoms with Crippen LogP contribution in [0.1, 0.15) is 5.56 Å². The third kappa shape index (κ3) is 3.54. The van der Waals surface area contributed by atoms with Crippen molar-refractivity contribution in [2.45, 2.75) is 6.61 Å². The van der Waals surface area contributed by atoms with Crippen LogP contribution in [0.3, 0.4) is 0 Å². The third-order valence-corrected chi connectivity index (χ3v) is 4.19. The van der Waals surface area contributed by atoms with Crippen LogP contribution >= 0.6 is 0 Å². The molecule has 27 heavy (non-hydrogen) atoms. The second kappa shape index (κ2) is 7.35. The Kier molecular flexibility index (Phi) is 4.60. The van der Waals surface area contributed by atoms with Gasteiger partial charge >= 0.3 is 0 Å². The topological polar surface area (TPSA) is 79.1 Å². The fourth-order valence-electron chi connectivity index (χ4n) is 2.79.